The van der Waals surface area contributed by atoms with Gasteiger partial charge in [-0.05, 0) is 36.4 Å². The monoisotopic (exact) mass is 401 g/mol. The fourth-order valence-electron chi connectivity index (χ4n) is 3.40. The number of hydrogen-bond donors (Lipinski definition) is 1. The SMILES string of the molecule is O=C(Cn1c(COc2ccccc2)nc2ccccc21)Nc1ccc2c(c1)OCO2. The van der Waals surface area contributed by atoms with E-state index in [0.717, 1.165) is 16.8 Å². The molecule has 1 amide bonds. The average molecular weight is 401 g/mol. The summed E-state index contributed by atoms with van der Waals surface area (Å²) >= 11 is 0. The van der Waals surface area contributed by atoms with Gasteiger partial charge in [0, 0.05) is 11.8 Å². The van der Waals surface area contributed by atoms with Crippen LogP contribution in [0.3, 0.4) is 0 Å². The predicted octanol–water partition coefficient (Wildman–Crippen LogP) is 3.98. The van der Waals surface area contributed by atoms with Crippen molar-refractivity contribution in [2.24, 2.45) is 0 Å². The van der Waals surface area contributed by atoms with Crippen molar-refractivity contribution in [3.05, 3.63) is 78.6 Å². The Morgan fingerprint density at radius 1 is 1.00 bits per heavy atom. The molecule has 30 heavy (non-hydrogen) atoms. The van der Waals surface area contributed by atoms with E-state index in [4.69, 9.17) is 14.2 Å². The van der Waals surface area contributed by atoms with E-state index in [1.807, 2.05) is 59.2 Å². The van der Waals surface area contributed by atoms with E-state index in [2.05, 4.69) is 10.3 Å². The summed E-state index contributed by atoms with van der Waals surface area (Å²) in [5.74, 6) is 2.56. The van der Waals surface area contributed by atoms with E-state index in [-0.39, 0.29) is 25.9 Å². The summed E-state index contributed by atoms with van der Waals surface area (Å²) in [6.07, 6.45) is 0. The van der Waals surface area contributed by atoms with Gasteiger partial charge in [-0.2, -0.15) is 0 Å². The van der Waals surface area contributed by atoms with Crippen LogP contribution in [0.1, 0.15) is 5.82 Å². The van der Waals surface area contributed by atoms with Crippen LogP contribution in [0.25, 0.3) is 11.0 Å². The average Bonchev–Trinajstić information content (AvgIpc) is 3.37. The van der Waals surface area contributed by atoms with Crippen LogP contribution < -0.4 is 19.5 Å². The molecule has 0 atom stereocenters. The molecule has 150 valence electrons. The van der Waals surface area contributed by atoms with Gasteiger partial charge in [-0.3, -0.25) is 4.79 Å². The lowest BCUT2D eigenvalue weighted by molar-refractivity contribution is -0.116. The van der Waals surface area contributed by atoms with Gasteiger partial charge in [0.1, 0.15) is 24.7 Å². The van der Waals surface area contributed by atoms with Crippen molar-refractivity contribution in [1.29, 1.82) is 0 Å². The van der Waals surface area contributed by atoms with Gasteiger partial charge in [-0.1, -0.05) is 30.3 Å². The molecule has 3 aromatic carbocycles. The number of carbonyl (C=O) groups excluding carboxylic acids is 1. The first kappa shape index (κ1) is 18.1. The molecule has 0 spiro atoms. The van der Waals surface area contributed by atoms with E-state index in [1.54, 1.807) is 18.2 Å². The molecule has 7 heteroatoms. The third-order valence-corrected chi connectivity index (χ3v) is 4.80. The molecule has 1 aliphatic heterocycles. The van der Waals surface area contributed by atoms with Gasteiger partial charge in [0.15, 0.2) is 11.5 Å². The fraction of sp³-hybridized carbons (Fsp3) is 0.130. The number of nitrogens with one attached hydrogen (secondary N) is 1. The van der Waals surface area contributed by atoms with E-state index in [9.17, 15) is 4.79 Å². The molecule has 0 radical (unpaired) electrons. The van der Waals surface area contributed by atoms with Crippen molar-refractivity contribution in [3.63, 3.8) is 0 Å². The molecule has 0 fully saturated rings. The summed E-state index contributed by atoms with van der Waals surface area (Å²) < 4.78 is 18.4. The number of anilines is 1. The molecule has 7 nitrogen and oxygen atoms in total. The smallest absolute Gasteiger partial charge is 0.244 e. The Morgan fingerprint density at radius 3 is 2.70 bits per heavy atom. The minimum absolute atomic E-state index is 0.114. The first-order valence-electron chi connectivity index (χ1n) is 9.58. The summed E-state index contributed by atoms with van der Waals surface area (Å²) in [6, 6.07) is 22.6. The van der Waals surface area contributed by atoms with Crippen LogP contribution in [0, 0.1) is 0 Å². The van der Waals surface area contributed by atoms with Crippen LogP contribution in [0.2, 0.25) is 0 Å². The highest BCUT2D eigenvalue weighted by Gasteiger charge is 2.17. The maximum atomic E-state index is 12.8. The van der Waals surface area contributed by atoms with E-state index < -0.39 is 0 Å². The summed E-state index contributed by atoms with van der Waals surface area (Å²) in [5.41, 5.74) is 2.35. The molecule has 0 bridgehead atoms. The number of imidazole rings is 1. The largest absolute Gasteiger partial charge is 0.486 e. The zero-order valence-corrected chi connectivity index (χ0v) is 16.1. The topological polar surface area (TPSA) is 74.6 Å². The second-order valence-corrected chi connectivity index (χ2v) is 6.82. The van der Waals surface area contributed by atoms with Gasteiger partial charge >= 0.3 is 0 Å². The van der Waals surface area contributed by atoms with Crippen molar-refractivity contribution < 1.29 is 19.0 Å². The Bertz CT molecular complexity index is 1200. The van der Waals surface area contributed by atoms with E-state index in [0.29, 0.717) is 23.0 Å². The van der Waals surface area contributed by atoms with Crippen molar-refractivity contribution >= 4 is 22.6 Å². The van der Waals surface area contributed by atoms with Crippen LogP contribution in [-0.2, 0) is 17.9 Å². The number of fused-ring (bicyclic) bond motifs is 2. The minimum atomic E-state index is -0.169. The zero-order chi connectivity index (χ0) is 20.3. The number of aromatic nitrogens is 2. The van der Waals surface area contributed by atoms with Crippen molar-refractivity contribution in [1.82, 2.24) is 9.55 Å². The number of para-hydroxylation sites is 3. The summed E-state index contributed by atoms with van der Waals surface area (Å²) in [7, 11) is 0. The van der Waals surface area contributed by atoms with Crippen LogP contribution >= 0.6 is 0 Å². The van der Waals surface area contributed by atoms with E-state index >= 15 is 0 Å². The molecule has 1 N–H and O–H groups in total. The minimum Gasteiger partial charge on any atom is -0.486 e. The Balaban J connectivity index is 1.36. The van der Waals surface area contributed by atoms with Crippen molar-refractivity contribution in [2.75, 3.05) is 12.1 Å². The van der Waals surface area contributed by atoms with Crippen LogP contribution in [0.4, 0.5) is 5.69 Å². The number of carbonyl (C=O) groups is 1. The summed E-state index contributed by atoms with van der Waals surface area (Å²) in [4.78, 5) is 17.4. The third kappa shape index (κ3) is 3.65. The third-order valence-electron chi connectivity index (χ3n) is 4.80. The number of rotatable bonds is 6. The maximum absolute atomic E-state index is 12.8. The highest BCUT2D eigenvalue weighted by atomic mass is 16.7. The predicted molar refractivity (Wildman–Crippen MR) is 112 cm³/mol. The Kier molecular flexibility index (Phi) is 4.69. The lowest BCUT2D eigenvalue weighted by Gasteiger charge is -2.11. The molecule has 1 aliphatic rings. The standard InChI is InChI=1S/C23H19N3O4/c27-23(24-16-10-11-20-21(12-16)30-15-29-20)13-26-19-9-5-4-8-18(19)25-22(26)14-28-17-6-2-1-3-7-17/h1-12H,13-15H2,(H,24,27). The van der Waals surface area contributed by atoms with E-state index in [1.165, 1.54) is 0 Å². The number of amides is 1. The second-order valence-electron chi connectivity index (χ2n) is 6.82. The number of benzene rings is 3. The van der Waals surface area contributed by atoms with Crippen LogP contribution in [0.5, 0.6) is 17.2 Å². The van der Waals surface area contributed by atoms with Gasteiger partial charge < -0.3 is 24.1 Å². The lowest BCUT2D eigenvalue weighted by atomic mass is 10.2. The second kappa shape index (κ2) is 7.79. The van der Waals surface area contributed by atoms with Crippen LogP contribution in [-0.4, -0.2) is 22.3 Å². The quantitative estimate of drug-likeness (QED) is 0.529. The molecule has 0 unspecified atom stereocenters. The highest BCUT2D eigenvalue weighted by Crippen LogP contribution is 2.34. The molecule has 1 aromatic heterocycles. The summed E-state index contributed by atoms with van der Waals surface area (Å²) in [6.45, 7) is 0.566. The first-order valence-corrected chi connectivity index (χ1v) is 9.58. The fourth-order valence-corrected chi connectivity index (χ4v) is 3.40. The maximum Gasteiger partial charge on any atom is 0.244 e. The normalized spacial score (nSPS) is 12.1. The molecular weight excluding hydrogens is 382 g/mol. The molecule has 0 saturated heterocycles. The van der Waals surface area contributed by atoms with Gasteiger partial charge in [0.2, 0.25) is 12.7 Å². The highest BCUT2D eigenvalue weighted by molar-refractivity contribution is 5.92. The Morgan fingerprint density at radius 2 is 1.80 bits per heavy atom. The number of hydrogen-bond acceptors (Lipinski definition) is 5. The molecule has 0 saturated carbocycles. The van der Waals surface area contributed by atoms with Gasteiger partial charge in [0.05, 0.1) is 11.0 Å². The van der Waals surface area contributed by atoms with Crippen molar-refractivity contribution in [3.8, 4) is 17.2 Å². The van der Waals surface area contributed by atoms with Crippen LogP contribution in [0.15, 0.2) is 72.8 Å². The Labute approximate surface area is 172 Å². The van der Waals surface area contributed by atoms with Gasteiger partial charge in [0.25, 0.3) is 0 Å². The molecule has 2 heterocycles. The first-order chi connectivity index (χ1) is 14.8. The van der Waals surface area contributed by atoms with Gasteiger partial charge in [-0.25, -0.2) is 4.98 Å². The zero-order valence-electron chi connectivity index (χ0n) is 16.1. The molecule has 5 rings (SSSR count). The number of nitrogens with zero attached hydrogens (tertiary/aromatic N) is 2. The number of ether oxygens (including phenoxy) is 3. The Hall–Kier alpha value is -4.00. The lowest BCUT2D eigenvalue weighted by Crippen LogP contribution is -2.20. The van der Waals surface area contributed by atoms with Crippen molar-refractivity contribution in [2.45, 2.75) is 13.2 Å². The molecular formula is C23H19N3O4. The van der Waals surface area contributed by atoms with Gasteiger partial charge in [-0.15, -0.1) is 0 Å². The molecule has 0 aliphatic carbocycles. The summed E-state index contributed by atoms with van der Waals surface area (Å²) in [5, 5.41) is 2.91. The molecule has 4 aromatic rings.